The zero-order valence-electron chi connectivity index (χ0n) is 15.5. The fraction of sp³-hybridized carbons (Fsp3) is 0.524. The Labute approximate surface area is 162 Å². The number of hydrogen-bond acceptors (Lipinski definition) is 4. The predicted octanol–water partition coefficient (Wildman–Crippen LogP) is 3.49. The predicted molar refractivity (Wildman–Crippen MR) is 110 cm³/mol. The lowest BCUT2D eigenvalue weighted by Gasteiger charge is -2.27. The molecule has 0 aromatic heterocycles. The first-order chi connectivity index (χ1) is 12.0. The number of aliphatic hydroxyl groups is 3. The van der Waals surface area contributed by atoms with Crippen LogP contribution in [-0.4, -0.2) is 34.1 Å². The summed E-state index contributed by atoms with van der Waals surface area (Å²) in [7, 11) is 0. The second kappa shape index (κ2) is 10.9. The largest absolute Gasteiger partial charge is 0.394 e. The van der Waals surface area contributed by atoms with Crippen molar-refractivity contribution in [2.75, 3.05) is 13.2 Å². The summed E-state index contributed by atoms with van der Waals surface area (Å²) in [6, 6.07) is 12.3. The summed E-state index contributed by atoms with van der Waals surface area (Å²) in [4.78, 5) is 0. The Hall–Kier alpha value is -1.17. The van der Waals surface area contributed by atoms with Gasteiger partial charge in [0.15, 0.2) is 0 Å². The highest BCUT2D eigenvalue weighted by Crippen LogP contribution is 2.26. The lowest BCUT2D eigenvalue weighted by Crippen LogP contribution is -2.48. The van der Waals surface area contributed by atoms with E-state index in [1.54, 1.807) is 0 Å². The van der Waals surface area contributed by atoms with Crippen LogP contribution in [0.15, 0.2) is 36.4 Å². The van der Waals surface area contributed by atoms with Crippen molar-refractivity contribution in [2.24, 2.45) is 5.73 Å². The molecule has 26 heavy (non-hydrogen) atoms. The Morgan fingerprint density at radius 3 is 2.27 bits per heavy atom. The molecule has 1 unspecified atom stereocenters. The summed E-state index contributed by atoms with van der Waals surface area (Å²) in [5.41, 5.74) is 6.80. The Morgan fingerprint density at radius 2 is 1.62 bits per heavy atom. The maximum absolute atomic E-state index is 10.4. The number of hydrogen-bond donors (Lipinski definition) is 4. The van der Waals surface area contributed by atoms with Crippen LogP contribution < -0.4 is 5.73 Å². The Morgan fingerprint density at radius 1 is 0.962 bits per heavy atom. The normalized spacial score (nSPS) is 12.8. The molecule has 2 rings (SSSR count). The highest BCUT2D eigenvalue weighted by molar-refractivity contribution is 5.85. The quantitative estimate of drug-likeness (QED) is 0.474. The molecule has 146 valence electrons. The van der Waals surface area contributed by atoms with E-state index in [1.807, 2.05) is 18.2 Å². The number of aryl methyl sites for hydroxylation is 1. The molecule has 5 N–H and O–H groups in total. The molecule has 1 atom stereocenters. The second-order valence-corrected chi connectivity index (χ2v) is 7.15. The van der Waals surface area contributed by atoms with Crippen LogP contribution in [0.5, 0.6) is 0 Å². The minimum absolute atomic E-state index is 0. The van der Waals surface area contributed by atoms with Gasteiger partial charge in [-0.1, -0.05) is 56.5 Å². The molecule has 2 aromatic carbocycles. The first-order valence-corrected chi connectivity index (χ1v) is 9.22. The molecule has 0 amide bonds. The monoisotopic (exact) mass is 381 g/mol. The van der Waals surface area contributed by atoms with Gasteiger partial charge in [0.2, 0.25) is 0 Å². The average molecular weight is 382 g/mol. The smallest absolute Gasteiger partial charge is 0.0809 e. The minimum atomic E-state index is -1.17. The van der Waals surface area contributed by atoms with Crippen molar-refractivity contribution >= 4 is 23.2 Å². The van der Waals surface area contributed by atoms with Crippen LogP contribution in [0.25, 0.3) is 10.8 Å². The summed E-state index contributed by atoms with van der Waals surface area (Å²) in [5, 5.41) is 31.2. The third-order valence-electron chi connectivity index (χ3n) is 4.86. The fourth-order valence-corrected chi connectivity index (χ4v) is 3.11. The van der Waals surface area contributed by atoms with Crippen LogP contribution in [0.2, 0.25) is 0 Å². The molecule has 0 radical (unpaired) electrons. The van der Waals surface area contributed by atoms with E-state index in [-0.39, 0.29) is 32.0 Å². The summed E-state index contributed by atoms with van der Waals surface area (Å²) >= 11 is 0. The van der Waals surface area contributed by atoms with Crippen LogP contribution in [0.4, 0.5) is 0 Å². The van der Waals surface area contributed by atoms with Gasteiger partial charge in [-0.05, 0) is 47.2 Å². The summed E-state index contributed by atoms with van der Waals surface area (Å²) in [6.45, 7) is 1.49. The first kappa shape index (κ1) is 22.9. The SMILES string of the molecule is CCCCCCc1ccc2cc(C(O)CC(N)(CO)CO)ccc2c1.Cl. The number of halogens is 1. The molecular weight excluding hydrogens is 350 g/mol. The van der Waals surface area contributed by atoms with Crippen LogP contribution in [0.3, 0.4) is 0 Å². The van der Waals surface area contributed by atoms with Crippen LogP contribution in [0, 0.1) is 0 Å². The van der Waals surface area contributed by atoms with E-state index in [1.165, 1.54) is 31.2 Å². The molecular formula is C21H32ClNO3. The maximum Gasteiger partial charge on any atom is 0.0809 e. The van der Waals surface area contributed by atoms with E-state index in [4.69, 9.17) is 5.73 Å². The van der Waals surface area contributed by atoms with Gasteiger partial charge in [-0.2, -0.15) is 0 Å². The summed E-state index contributed by atoms with van der Waals surface area (Å²) in [6.07, 6.45) is 5.43. The molecule has 4 nitrogen and oxygen atoms in total. The molecule has 0 spiro atoms. The van der Waals surface area contributed by atoms with Gasteiger partial charge in [0.05, 0.1) is 24.9 Å². The van der Waals surface area contributed by atoms with Gasteiger partial charge in [-0.15, -0.1) is 12.4 Å². The zero-order valence-corrected chi connectivity index (χ0v) is 16.3. The topological polar surface area (TPSA) is 86.7 Å². The molecule has 0 heterocycles. The molecule has 5 heteroatoms. The number of rotatable bonds is 10. The van der Waals surface area contributed by atoms with Gasteiger partial charge >= 0.3 is 0 Å². The molecule has 2 aromatic rings. The number of unbranched alkanes of at least 4 members (excludes halogenated alkanes) is 3. The van der Waals surface area contributed by atoms with Crippen LogP contribution >= 0.6 is 12.4 Å². The van der Waals surface area contributed by atoms with Crippen molar-refractivity contribution in [1.29, 1.82) is 0 Å². The van der Waals surface area contributed by atoms with E-state index in [0.29, 0.717) is 0 Å². The highest BCUT2D eigenvalue weighted by atomic mass is 35.5. The third-order valence-corrected chi connectivity index (χ3v) is 4.86. The lowest BCUT2D eigenvalue weighted by atomic mass is 9.90. The molecule has 0 saturated heterocycles. The van der Waals surface area contributed by atoms with Crippen molar-refractivity contribution in [3.8, 4) is 0 Å². The molecule has 0 aliphatic carbocycles. The molecule has 0 aliphatic heterocycles. The molecule has 0 saturated carbocycles. The molecule has 0 aliphatic rings. The van der Waals surface area contributed by atoms with E-state index in [2.05, 4.69) is 25.1 Å². The van der Waals surface area contributed by atoms with Crippen molar-refractivity contribution in [1.82, 2.24) is 0 Å². The van der Waals surface area contributed by atoms with Gasteiger partial charge in [0.25, 0.3) is 0 Å². The van der Waals surface area contributed by atoms with E-state index in [0.717, 1.165) is 22.8 Å². The van der Waals surface area contributed by atoms with E-state index < -0.39 is 11.6 Å². The maximum atomic E-state index is 10.4. The first-order valence-electron chi connectivity index (χ1n) is 9.22. The molecule has 0 fully saturated rings. The second-order valence-electron chi connectivity index (χ2n) is 7.15. The zero-order chi connectivity index (χ0) is 18.3. The minimum Gasteiger partial charge on any atom is -0.394 e. The number of benzene rings is 2. The van der Waals surface area contributed by atoms with Crippen LogP contribution in [-0.2, 0) is 6.42 Å². The Bertz CT molecular complexity index is 673. The lowest BCUT2D eigenvalue weighted by molar-refractivity contribution is 0.0618. The van der Waals surface area contributed by atoms with Gasteiger partial charge in [0, 0.05) is 0 Å². The highest BCUT2D eigenvalue weighted by Gasteiger charge is 2.27. The number of fused-ring (bicyclic) bond motifs is 1. The van der Waals surface area contributed by atoms with Crippen molar-refractivity contribution in [3.05, 3.63) is 47.5 Å². The van der Waals surface area contributed by atoms with Crippen molar-refractivity contribution < 1.29 is 15.3 Å². The van der Waals surface area contributed by atoms with Gasteiger partial charge in [-0.25, -0.2) is 0 Å². The third kappa shape index (κ3) is 6.22. The van der Waals surface area contributed by atoms with E-state index >= 15 is 0 Å². The number of aliphatic hydroxyl groups excluding tert-OH is 3. The summed E-state index contributed by atoms with van der Waals surface area (Å²) in [5.74, 6) is 0. The Kier molecular flexibility index (Phi) is 9.55. The Balaban J connectivity index is 0.00000338. The number of nitrogens with two attached hydrogens (primary N) is 1. The summed E-state index contributed by atoms with van der Waals surface area (Å²) < 4.78 is 0. The van der Waals surface area contributed by atoms with Crippen molar-refractivity contribution in [3.63, 3.8) is 0 Å². The van der Waals surface area contributed by atoms with Crippen molar-refractivity contribution in [2.45, 2.75) is 57.1 Å². The van der Waals surface area contributed by atoms with Crippen LogP contribution in [0.1, 0.15) is 56.3 Å². The van der Waals surface area contributed by atoms with E-state index in [9.17, 15) is 15.3 Å². The average Bonchev–Trinajstić information content (AvgIpc) is 2.64. The molecule has 0 bridgehead atoms. The van der Waals surface area contributed by atoms with Gasteiger partial charge in [0.1, 0.15) is 0 Å². The standard InChI is InChI=1S/C21H31NO3.ClH/c1-2-3-4-5-6-16-7-8-18-12-19(10-9-17(18)11-16)20(25)13-21(22,14-23)15-24;/h7-12,20,23-25H,2-6,13-15,22H2,1H3;1H. The van der Waals surface area contributed by atoms with Gasteiger partial charge < -0.3 is 21.1 Å². The fourth-order valence-electron chi connectivity index (χ4n) is 3.11. The van der Waals surface area contributed by atoms with Gasteiger partial charge in [-0.3, -0.25) is 0 Å².